The average Bonchev–Trinajstić information content (AvgIpc) is 3.46. The molecule has 2 atom stereocenters. The summed E-state index contributed by atoms with van der Waals surface area (Å²) in [6.07, 6.45) is 2.38. The molecule has 30 heavy (non-hydrogen) atoms. The van der Waals surface area contributed by atoms with Gasteiger partial charge in [-0.3, -0.25) is 14.5 Å². The van der Waals surface area contributed by atoms with E-state index in [1.807, 2.05) is 43.3 Å². The van der Waals surface area contributed by atoms with Gasteiger partial charge in [-0.25, -0.2) is 4.98 Å². The zero-order valence-electron chi connectivity index (χ0n) is 16.1. The monoisotopic (exact) mass is 418 g/mol. The minimum atomic E-state index is -0.749. The molecule has 1 amide bonds. The van der Waals surface area contributed by atoms with Crippen LogP contribution in [0.1, 0.15) is 29.7 Å². The van der Waals surface area contributed by atoms with Gasteiger partial charge in [-0.1, -0.05) is 30.3 Å². The molecule has 3 heterocycles. The fraction of sp³-hybridized carbons (Fsp3) is 0.174. The number of aromatic nitrogens is 1. The van der Waals surface area contributed by atoms with Crippen molar-refractivity contribution >= 4 is 33.9 Å². The molecule has 0 bridgehead atoms. The number of hydrogen-bond acceptors (Lipinski definition) is 6. The molecule has 1 fully saturated rings. The van der Waals surface area contributed by atoms with E-state index in [1.54, 1.807) is 23.7 Å². The Bertz CT molecular complexity index is 1170. The van der Waals surface area contributed by atoms with Gasteiger partial charge in [0.1, 0.15) is 17.6 Å². The van der Waals surface area contributed by atoms with Gasteiger partial charge in [0, 0.05) is 23.6 Å². The van der Waals surface area contributed by atoms with Crippen LogP contribution in [-0.2, 0) is 16.0 Å². The lowest BCUT2D eigenvalue weighted by molar-refractivity contribution is -0.132. The number of Topliss-reactive ketones (excluding diaryl/α,β-unsaturated/α-hetero) is 1. The van der Waals surface area contributed by atoms with E-state index in [-0.39, 0.29) is 17.4 Å². The molecule has 5 rings (SSSR count). The number of carbonyl (C=O) groups is 2. The molecule has 2 aliphatic rings. The van der Waals surface area contributed by atoms with Gasteiger partial charge in [0.25, 0.3) is 5.78 Å². The summed E-state index contributed by atoms with van der Waals surface area (Å²) >= 11 is 1.27. The number of anilines is 1. The number of rotatable bonds is 3. The molecule has 0 spiro atoms. The molecule has 1 saturated heterocycles. The molecule has 7 heteroatoms. The minimum Gasteiger partial charge on any atom is -0.507 e. The van der Waals surface area contributed by atoms with Crippen LogP contribution in [0.4, 0.5) is 5.13 Å². The third-order valence-electron chi connectivity index (χ3n) is 5.35. The Kier molecular flexibility index (Phi) is 4.40. The standard InChI is InChI=1S/C23H18N2O4S/c1-13-11-16-12-15(7-8-17(16)29-13)20(26)18-19(14-5-3-2-4-6-14)25(22(28)21(18)27)23-24-9-10-30-23/h2-10,12-13,19,26H,11H2,1H3/b20-18+/t13-,19+/m0/s1. The molecule has 150 valence electrons. The number of ketones is 1. The summed E-state index contributed by atoms with van der Waals surface area (Å²) in [6.45, 7) is 1.98. The van der Waals surface area contributed by atoms with Crippen LogP contribution in [0.25, 0.3) is 5.76 Å². The van der Waals surface area contributed by atoms with Crippen molar-refractivity contribution < 1.29 is 19.4 Å². The van der Waals surface area contributed by atoms with E-state index in [0.717, 1.165) is 23.3 Å². The number of benzene rings is 2. The Hall–Kier alpha value is -3.45. The Morgan fingerprint density at radius 2 is 2.00 bits per heavy atom. The van der Waals surface area contributed by atoms with Crippen molar-refractivity contribution in [3.63, 3.8) is 0 Å². The summed E-state index contributed by atoms with van der Waals surface area (Å²) in [6, 6.07) is 13.8. The highest BCUT2D eigenvalue weighted by molar-refractivity contribution is 7.14. The highest BCUT2D eigenvalue weighted by Crippen LogP contribution is 2.43. The number of amides is 1. The molecule has 3 aromatic rings. The fourth-order valence-corrected chi connectivity index (χ4v) is 4.71. The minimum absolute atomic E-state index is 0.0633. The van der Waals surface area contributed by atoms with Crippen molar-refractivity contribution in [2.24, 2.45) is 0 Å². The van der Waals surface area contributed by atoms with E-state index < -0.39 is 17.7 Å². The molecule has 1 N–H and O–H groups in total. The fourth-order valence-electron chi connectivity index (χ4n) is 4.04. The van der Waals surface area contributed by atoms with Crippen LogP contribution in [0.5, 0.6) is 5.75 Å². The van der Waals surface area contributed by atoms with Crippen molar-refractivity contribution in [1.29, 1.82) is 0 Å². The highest BCUT2D eigenvalue weighted by Gasteiger charge is 2.48. The first kappa shape index (κ1) is 18.6. The summed E-state index contributed by atoms with van der Waals surface area (Å²) in [5.41, 5.74) is 2.25. The number of hydrogen-bond donors (Lipinski definition) is 1. The SMILES string of the molecule is C[C@H]1Cc2cc(/C(O)=C3\C(=O)C(=O)N(c4nccs4)[C@@H]3c3ccccc3)ccc2O1. The van der Waals surface area contributed by atoms with Gasteiger partial charge in [0.2, 0.25) is 0 Å². The number of thiazole rings is 1. The van der Waals surface area contributed by atoms with E-state index in [2.05, 4.69) is 4.98 Å². The summed E-state index contributed by atoms with van der Waals surface area (Å²) in [5, 5.41) is 13.3. The first-order valence-electron chi connectivity index (χ1n) is 9.60. The van der Waals surface area contributed by atoms with Gasteiger partial charge in [-0.2, -0.15) is 0 Å². The van der Waals surface area contributed by atoms with E-state index in [0.29, 0.717) is 10.7 Å². The van der Waals surface area contributed by atoms with E-state index >= 15 is 0 Å². The van der Waals surface area contributed by atoms with Crippen LogP contribution in [-0.4, -0.2) is 27.9 Å². The van der Waals surface area contributed by atoms with E-state index in [9.17, 15) is 14.7 Å². The van der Waals surface area contributed by atoms with Crippen LogP contribution < -0.4 is 9.64 Å². The molecule has 2 aliphatic heterocycles. The molecule has 0 unspecified atom stereocenters. The number of nitrogens with zero attached hydrogens (tertiary/aromatic N) is 2. The second kappa shape index (κ2) is 7.11. The Morgan fingerprint density at radius 3 is 2.73 bits per heavy atom. The topological polar surface area (TPSA) is 79.7 Å². The smallest absolute Gasteiger partial charge is 0.301 e. The maximum Gasteiger partial charge on any atom is 0.301 e. The van der Waals surface area contributed by atoms with Crippen molar-refractivity contribution in [3.8, 4) is 5.75 Å². The van der Waals surface area contributed by atoms with Crippen molar-refractivity contribution in [1.82, 2.24) is 4.98 Å². The zero-order chi connectivity index (χ0) is 20.8. The second-order valence-electron chi connectivity index (χ2n) is 7.35. The van der Waals surface area contributed by atoms with Gasteiger partial charge in [0.05, 0.1) is 11.6 Å². The summed E-state index contributed by atoms with van der Waals surface area (Å²) in [7, 11) is 0. The van der Waals surface area contributed by atoms with Crippen LogP contribution in [0, 0.1) is 0 Å². The Morgan fingerprint density at radius 1 is 1.20 bits per heavy atom. The Labute approximate surface area is 177 Å². The molecular formula is C23H18N2O4S. The number of aliphatic hydroxyl groups is 1. The van der Waals surface area contributed by atoms with Gasteiger partial charge in [-0.05, 0) is 36.2 Å². The largest absolute Gasteiger partial charge is 0.507 e. The van der Waals surface area contributed by atoms with Gasteiger partial charge >= 0.3 is 5.91 Å². The zero-order valence-corrected chi connectivity index (χ0v) is 16.9. The number of aliphatic hydroxyl groups excluding tert-OH is 1. The maximum absolute atomic E-state index is 13.0. The first-order chi connectivity index (χ1) is 14.5. The summed E-state index contributed by atoms with van der Waals surface area (Å²) < 4.78 is 5.73. The van der Waals surface area contributed by atoms with E-state index in [4.69, 9.17) is 4.74 Å². The quantitative estimate of drug-likeness (QED) is 0.394. The lowest BCUT2D eigenvalue weighted by atomic mass is 9.94. The van der Waals surface area contributed by atoms with Gasteiger partial charge < -0.3 is 9.84 Å². The highest BCUT2D eigenvalue weighted by atomic mass is 32.1. The van der Waals surface area contributed by atoms with Crippen LogP contribution >= 0.6 is 11.3 Å². The number of ether oxygens (including phenoxy) is 1. The molecule has 2 aromatic carbocycles. The third kappa shape index (κ3) is 2.90. The summed E-state index contributed by atoms with van der Waals surface area (Å²) in [4.78, 5) is 31.6. The number of carbonyl (C=O) groups excluding carboxylic acids is 2. The molecular weight excluding hydrogens is 400 g/mol. The molecule has 6 nitrogen and oxygen atoms in total. The van der Waals surface area contributed by atoms with Gasteiger partial charge in [0.15, 0.2) is 5.13 Å². The van der Waals surface area contributed by atoms with Crippen molar-refractivity contribution in [2.75, 3.05) is 4.90 Å². The maximum atomic E-state index is 13.0. The van der Waals surface area contributed by atoms with Crippen molar-refractivity contribution in [2.45, 2.75) is 25.5 Å². The first-order valence-corrected chi connectivity index (χ1v) is 10.5. The predicted molar refractivity (Wildman–Crippen MR) is 114 cm³/mol. The number of fused-ring (bicyclic) bond motifs is 1. The lowest BCUT2D eigenvalue weighted by Gasteiger charge is -2.22. The van der Waals surface area contributed by atoms with Crippen LogP contribution in [0.15, 0.2) is 65.7 Å². The summed E-state index contributed by atoms with van der Waals surface area (Å²) in [5.74, 6) is -0.828. The Balaban J connectivity index is 1.68. The molecule has 0 aliphatic carbocycles. The molecule has 1 aromatic heterocycles. The average molecular weight is 418 g/mol. The third-order valence-corrected chi connectivity index (χ3v) is 6.13. The normalized spacial score (nSPS) is 22.2. The van der Waals surface area contributed by atoms with E-state index in [1.165, 1.54) is 16.2 Å². The van der Waals surface area contributed by atoms with Crippen molar-refractivity contribution in [3.05, 3.63) is 82.4 Å². The predicted octanol–water partition coefficient (Wildman–Crippen LogP) is 4.09. The molecule has 0 saturated carbocycles. The molecule has 0 radical (unpaired) electrons. The van der Waals surface area contributed by atoms with Crippen LogP contribution in [0.2, 0.25) is 0 Å². The lowest BCUT2D eigenvalue weighted by Crippen LogP contribution is -2.29. The van der Waals surface area contributed by atoms with Gasteiger partial charge in [-0.15, -0.1) is 11.3 Å². The second-order valence-corrected chi connectivity index (χ2v) is 8.22. The van der Waals surface area contributed by atoms with Crippen LogP contribution in [0.3, 0.4) is 0 Å².